The Morgan fingerprint density at radius 3 is 2.57 bits per heavy atom. The van der Waals surface area contributed by atoms with Gasteiger partial charge in [-0.25, -0.2) is 4.68 Å². The van der Waals surface area contributed by atoms with Crippen molar-refractivity contribution in [2.24, 2.45) is 0 Å². The van der Waals surface area contributed by atoms with Crippen LogP contribution in [0.2, 0.25) is 0 Å². The predicted molar refractivity (Wildman–Crippen MR) is 118 cm³/mol. The van der Waals surface area contributed by atoms with Gasteiger partial charge in [0.15, 0.2) is 5.69 Å². The molecule has 4 rings (SSSR count). The van der Waals surface area contributed by atoms with Crippen LogP contribution in [0.1, 0.15) is 17.7 Å². The predicted octanol–water partition coefficient (Wildman–Crippen LogP) is 3.38. The van der Waals surface area contributed by atoms with Crippen molar-refractivity contribution in [2.45, 2.75) is 13.3 Å². The molecule has 0 bridgehead atoms. The zero-order valence-electron chi connectivity index (χ0n) is 16.5. The highest BCUT2D eigenvalue weighted by Gasteiger charge is 2.25. The maximum Gasteiger partial charge on any atom is 0.228 e. The van der Waals surface area contributed by atoms with Gasteiger partial charge in [0.25, 0.3) is 0 Å². The lowest BCUT2D eigenvalue weighted by Gasteiger charge is -2.31. The molecule has 0 unspecified atom stereocenters. The number of anilines is 2. The Kier molecular flexibility index (Phi) is 5.26. The number of nitrogens with one attached hydrogen (secondary N) is 2. The minimum atomic E-state index is -0.247. The van der Waals surface area contributed by atoms with Gasteiger partial charge in [0, 0.05) is 42.8 Å². The third kappa shape index (κ3) is 3.77. The fourth-order valence-corrected chi connectivity index (χ4v) is 3.32. The Bertz CT molecular complexity index is 1200. The average molecular weight is 399 g/mol. The highest BCUT2D eigenvalue weighted by molar-refractivity contribution is 5.99. The van der Waals surface area contributed by atoms with E-state index in [0.29, 0.717) is 12.1 Å². The molecule has 7 heteroatoms. The number of aromatic nitrogens is 2. The van der Waals surface area contributed by atoms with Gasteiger partial charge in [0.2, 0.25) is 11.3 Å². The van der Waals surface area contributed by atoms with Crippen molar-refractivity contribution in [3.05, 3.63) is 88.4 Å². The second-order valence-corrected chi connectivity index (χ2v) is 6.98. The second kappa shape index (κ2) is 8.16. The van der Waals surface area contributed by atoms with Crippen LogP contribution in [0.3, 0.4) is 0 Å². The monoisotopic (exact) mass is 399 g/mol. The molecule has 150 valence electrons. The summed E-state index contributed by atoms with van der Waals surface area (Å²) < 4.78 is 1.64. The molecule has 1 aromatic heterocycles. The van der Waals surface area contributed by atoms with E-state index in [2.05, 4.69) is 10.4 Å². The molecule has 0 radical (unpaired) electrons. The van der Waals surface area contributed by atoms with E-state index in [9.17, 15) is 9.59 Å². The van der Waals surface area contributed by atoms with Gasteiger partial charge in [-0.3, -0.25) is 9.59 Å². The van der Waals surface area contributed by atoms with Gasteiger partial charge in [-0.2, -0.15) is 5.10 Å². The van der Waals surface area contributed by atoms with Gasteiger partial charge in [0.1, 0.15) is 0 Å². The number of hydrogen-bond donors (Lipinski definition) is 2. The summed E-state index contributed by atoms with van der Waals surface area (Å²) in [5, 5.41) is 15.2. The maximum absolute atomic E-state index is 12.5. The van der Waals surface area contributed by atoms with Gasteiger partial charge in [-0.1, -0.05) is 18.2 Å². The Balaban J connectivity index is 1.70. The van der Waals surface area contributed by atoms with Crippen molar-refractivity contribution in [1.29, 1.82) is 5.41 Å². The van der Waals surface area contributed by atoms with Crippen LogP contribution >= 0.6 is 0 Å². The van der Waals surface area contributed by atoms with Crippen molar-refractivity contribution in [3.8, 4) is 5.69 Å². The molecule has 1 amide bonds. The van der Waals surface area contributed by atoms with E-state index in [1.165, 1.54) is 12.1 Å². The van der Waals surface area contributed by atoms with Gasteiger partial charge < -0.3 is 15.6 Å². The van der Waals surface area contributed by atoms with Crippen LogP contribution in [0.5, 0.6) is 0 Å². The van der Waals surface area contributed by atoms with E-state index >= 15 is 0 Å². The fraction of sp³-hybridized carbons (Fsp3) is 0.130. The molecule has 0 aliphatic carbocycles. The molecule has 1 aliphatic rings. The lowest BCUT2D eigenvalue weighted by Crippen LogP contribution is -2.43. The van der Waals surface area contributed by atoms with Crippen LogP contribution in [0.25, 0.3) is 11.4 Å². The number of amides is 1. The van der Waals surface area contributed by atoms with Crippen LogP contribution in [-0.4, -0.2) is 28.4 Å². The van der Waals surface area contributed by atoms with E-state index in [4.69, 9.17) is 5.41 Å². The molecule has 0 spiro atoms. The van der Waals surface area contributed by atoms with E-state index < -0.39 is 0 Å². The highest BCUT2D eigenvalue weighted by atomic mass is 16.2. The van der Waals surface area contributed by atoms with Crippen molar-refractivity contribution < 1.29 is 4.79 Å². The number of β-lactam (4-membered cyclic amide) rings is 1. The van der Waals surface area contributed by atoms with Crippen LogP contribution in [-0.2, 0) is 4.79 Å². The summed E-state index contributed by atoms with van der Waals surface area (Å²) in [6, 6.07) is 16.6. The van der Waals surface area contributed by atoms with Crippen molar-refractivity contribution in [2.75, 3.05) is 16.8 Å². The Labute approximate surface area is 173 Å². The molecule has 2 aromatic carbocycles. The van der Waals surface area contributed by atoms with Crippen molar-refractivity contribution >= 4 is 29.2 Å². The lowest BCUT2D eigenvalue weighted by atomic mass is 10.1. The van der Waals surface area contributed by atoms with E-state index in [-0.39, 0.29) is 17.0 Å². The van der Waals surface area contributed by atoms with Gasteiger partial charge in [0.05, 0.1) is 11.4 Å². The quantitative estimate of drug-likeness (QED) is 0.491. The summed E-state index contributed by atoms with van der Waals surface area (Å²) >= 11 is 0. The van der Waals surface area contributed by atoms with Crippen LogP contribution in [0, 0.1) is 12.3 Å². The standard InChI is InChI=1S/C23H21N5O2/c1-16-15-18(27-13-11-22(27)30)7-8-20(16)28-14-10-21(29)23(26-28)19(9-12-24)25-17-5-3-2-4-6-17/h2-10,12,14-15,24-25H,11,13H2,1H3/b19-9-,24-12?. The molecule has 0 atom stereocenters. The zero-order chi connectivity index (χ0) is 21.1. The third-order valence-electron chi connectivity index (χ3n) is 4.96. The number of hydrogen-bond acceptors (Lipinski definition) is 5. The lowest BCUT2D eigenvalue weighted by molar-refractivity contribution is -0.122. The van der Waals surface area contributed by atoms with Gasteiger partial charge >= 0.3 is 0 Å². The molecule has 1 fully saturated rings. The van der Waals surface area contributed by atoms with E-state index in [1.54, 1.807) is 15.8 Å². The Hall–Kier alpha value is -4.00. The summed E-state index contributed by atoms with van der Waals surface area (Å²) in [6.45, 7) is 2.68. The van der Waals surface area contributed by atoms with E-state index in [0.717, 1.165) is 35.4 Å². The summed E-state index contributed by atoms with van der Waals surface area (Å²) in [7, 11) is 0. The van der Waals surface area contributed by atoms with Crippen LogP contribution in [0.15, 0.2) is 71.7 Å². The summed E-state index contributed by atoms with van der Waals surface area (Å²) in [4.78, 5) is 26.0. The number of rotatable bonds is 6. The van der Waals surface area contributed by atoms with Gasteiger partial charge in [-0.05, 0) is 48.9 Å². The molecule has 1 aliphatic heterocycles. The molecule has 0 saturated carbocycles. The van der Waals surface area contributed by atoms with Gasteiger partial charge in [-0.15, -0.1) is 0 Å². The summed E-state index contributed by atoms with van der Waals surface area (Å²) in [5.41, 5.74) is 3.81. The van der Waals surface area contributed by atoms with Crippen LogP contribution < -0.4 is 15.6 Å². The molecular formula is C23H21N5O2. The summed E-state index contributed by atoms with van der Waals surface area (Å²) in [5.74, 6) is 0.124. The first-order valence-electron chi connectivity index (χ1n) is 9.61. The normalized spacial score (nSPS) is 13.7. The maximum atomic E-state index is 12.5. The third-order valence-corrected chi connectivity index (χ3v) is 4.96. The SMILES string of the molecule is Cc1cc(N2CCC2=O)ccc1-n1ccc(=O)c(/C(=C/C=N)Nc2ccccc2)n1. The first-order valence-corrected chi connectivity index (χ1v) is 9.61. The zero-order valence-corrected chi connectivity index (χ0v) is 16.5. The fourth-order valence-electron chi connectivity index (χ4n) is 3.32. The molecule has 2 heterocycles. The highest BCUT2D eigenvalue weighted by Crippen LogP contribution is 2.26. The van der Waals surface area contributed by atoms with Crippen molar-refractivity contribution in [3.63, 3.8) is 0 Å². The Morgan fingerprint density at radius 1 is 1.13 bits per heavy atom. The molecule has 30 heavy (non-hydrogen) atoms. The molecule has 1 saturated heterocycles. The smallest absolute Gasteiger partial charge is 0.228 e. The number of para-hydroxylation sites is 1. The molecule has 3 aromatic rings. The Morgan fingerprint density at radius 2 is 1.93 bits per heavy atom. The number of nitrogens with zero attached hydrogens (tertiary/aromatic N) is 3. The van der Waals surface area contributed by atoms with E-state index in [1.807, 2.05) is 55.5 Å². The first kappa shape index (κ1) is 19.3. The van der Waals surface area contributed by atoms with Crippen molar-refractivity contribution in [1.82, 2.24) is 9.78 Å². The number of benzene rings is 2. The van der Waals surface area contributed by atoms with Crippen LogP contribution in [0.4, 0.5) is 11.4 Å². The second-order valence-electron chi connectivity index (χ2n) is 6.98. The minimum Gasteiger partial charge on any atom is -0.354 e. The molecule has 7 nitrogen and oxygen atoms in total. The molecule has 2 N–H and O–H groups in total. The number of carbonyl (C=O) groups is 1. The topological polar surface area (TPSA) is 91.1 Å². The average Bonchev–Trinajstić information content (AvgIpc) is 2.74. The largest absolute Gasteiger partial charge is 0.354 e. The number of allylic oxidation sites excluding steroid dienone is 1. The number of carbonyl (C=O) groups excluding carboxylic acids is 1. The number of aryl methyl sites for hydroxylation is 1. The first-order chi connectivity index (χ1) is 14.6. The summed E-state index contributed by atoms with van der Waals surface area (Å²) in [6.07, 6.45) is 4.83. The minimum absolute atomic E-state index is 0.124. The molecular weight excluding hydrogens is 378 g/mol.